The van der Waals surface area contributed by atoms with Gasteiger partial charge in [-0.2, -0.15) is 0 Å². The molecule has 22 heavy (non-hydrogen) atoms. The van der Waals surface area contributed by atoms with Crippen LogP contribution in [0.4, 0.5) is 15.9 Å². The van der Waals surface area contributed by atoms with Gasteiger partial charge in [0.1, 0.15) is 23.7 Å². The van der Waals surface area contributed by atoms with E-state index in [1.807, 2.05) is 0 Å². The average Bonchev–Trinajstić information content (AvgIpc) is 2.52. The maximum atomic E-state index is 13.1. The first kappa shape index (κ1) is 15.9. The minimum atomic E-state index is -0.404. The van der Waals surface area contributed by atoms with Crippen LogP contribution in [0.15, 0.2) is 36.7 Å². The Morgan fingerprint density at radius 3 is 2.86 bits per heavy atom. The normalized spacial score (nSPS) is 10.3. The largest absolute Gasteiger partial charge is 0.370 e. The first-order valence-electron chi connectivity index (χ1n) is 7.32. The van der Waals surface area contributed by atoms with Gasteiger partial charge >= 0.3 is 0 Å². The molecular formula is C16H19FN4O. The van der Waals surface area contributed by atoms with Gasteiger partial charge in [-0.1, -0.05) is 25.8 Å². The maximum Gasteiger partial charge on any atom is 0.274 e. The average molecular weight is 302 g/mol. The number of nitrogens with one attached hydrogen (secondary N) is 2. The zero-order chi connectivity index (χ0) is 15.8. The molecule has 0 aliphatic rings. The van der Waals surface area contributed by atoms with E-state index in [1.54, 1.807) is 12.1 Å². The maximum absolute atomic E-state index is 13.1. The lowest BCUT2D eigenvalue weighted by Gasteiger charge is -2.07. The van der Waals surface area contributed by atoms with Gasteiger partial charge in [-0.15, -0.1) is 0 Å². The summed E-state index contributed by atoms with van der Waals surface area (Å²) in [4.78, 5) is 20.1. The number of benzene rings is 1. The third-order valence-electron chi connectivity index (χ3n) is 3.07. The molecular weight excluding hydrogens is 283 g/mol. The number of nitrogens with zero attached hydrogens (tertiary/aromatic N) is 2. The van der Waals surface area contributed by atoms with Crippen LogP contribution in [0.3, 0.4) is 0 Å². The summed E-state index contributed by atoms with van der Waals surface area (Å²) >= 11 is 0. The van der Waals surface area contributed by atoms with Crippen LogP contribution in [-0.4, -0.2) is 22.4 Å². The summed E-state index contributed by atoms with van der Waals surface area (Å²) in [6, 6.07) is 7.31. The molecule has 0 bridgehead atoms. The number of rotatable bonds is 7. The minimum absolute atomic E-state index is 0.234. The molecule has 0 unspecified atom stereocenters. The number of unbranched alkanes of at least 4 members (excludes halogenated alkanes) is 2. The monoisotopic (exact) mass is 302 g/mol. The van der Waals surface area contributed by atoms with E-state index in [0.29, 0.717) is 11.5 Å². The van der Waals surface area contributed by atoms with E-state index < -0.39 is 11.7 Å². The van der Waals surface area contributed by atoms with Crippen molar-refractivity contribution >= 4 is 17.4 Å². The number of halogens is 1. The Bertz CT molecular complexity index is 633. The molecule has 116 valence electrons. The second-order valence-electron chi connectivity index (χ2n) is 4.89. The fraction of sp³-hybridized carbons (Fsp3) is 0.312. The summed E-state index contributed by atoms with van der Waals surface area (Å²) in [5.74, 6) is -0.195. The summed E-state index contributed by atoms with van der Waals surface area (Å²) in [5, 5.41) is 5.76. The Morgan fingerprint density at radius 2 is 2.09 bits per heavy atom. The van der Waals surface area contributed by atoms with E-state index in [-0.39, 0.29) is 5.69 Å². The number of hydrogen-bond acceptors (Lipinski definition) is 4. The van der Waals surface area contributed by atoms with E-state index >= 15 is 0 Å². The van der Waals surface area contributed by atoms with Gasteiger partial charge in [-0.3, -0.25) is 4.79 Å². The van der Waals surface area contributed by atoms with Crippen molar-refractivity contribution < 1.29 is 9.18 Å². The van der Waals surface area contributed by atoms with Crippen LogP contribution < -0.4 is 10.6 Å². The molecule has 1 aromatic heterocycles. The van der Waals surface area contributed by atoms with Crippen LogP contribution in [-0.2, 0) is 0 Å². The highest BCUT2D eigenvalue weighted by molar-refractivity contribution is 6.03. The molecule has 1 heterocycles. The second kappa shape index (κ2) is 8.07. The molecule has 0 saturated carbocycles. The van der Waals surface area contributed by atoms with Crippen LogP contribution >= 0.6 is 0 Å². The summed E-state index contributed by atoms with van der Waals surface area (Å²) in [5.41, 5.74) is 0.623. The predicted molar refractivity (Wildman–Crippen MR) is 84.4 cm³/mol. The molecule has 2 aromatic rings. The molecule has 1 aromatic carbocycles. The molecule has 6 heteroatoms. The summed E-state index contributed by atoms with van der Waals surface area (Å²) in [6.45, 7) is 2.94. The Balaban J connectivity index is 1.97. The van der Waals surface area contributed by atoms with Gasteiger partial charge in [-0.05, 0) is 24.6 Å². The highest BCUT2D eigenvalue weighted by Crippen LogP contribution is 2.11. The van der Waals surface area contributed by atoms with Crippen LogP contribution in [0.25, 0.3) is 0 Å². The van der Waals surface area contributed by atoms with Crippen molar-refractivity contribution in [2.45, 2.75) is 26.2 Å². The summed E-state index contributed by atoms with van der Waals surface area (Å²) < 4.78 is 13.1. The van der Waals surface area contributed by atoms with E-state index in [1.165, 1.54) is 24.5 Å². The fourth-order valence-electron chi connectivity index (χ4n) is 1.93. The van der Waals surface area contributed by atoms with Crippen LogP contribution in [0, 0.1) is 5.82 Å². The lowest BCUT2D eigenvalue weighted by molar-refractivity contribution is 0.102. The van der Waals surface area contributed by atoms with Crippen molar-refractivity contribution in [1.29, 1.82) is 0 Å². The van der Waals surface area contributed by atoms with E-state index in [0.717, 1.165) is 25.8 Å². The zero-order valence-corrected chi connectivity index (χ0v) is 12.5. The van der Waals surface area contributed by atoms with Gasteiger partial charge in [0.15, 0.2) is 0 Å². The van der Waals surface area contributed by atoms with Gasteiger partial charge in [0.05, 0.1) is 0 Å². The molecule has 0 radical (unpaired) electrons. The molecule has 1 amide bonds. The lowest BCUT2D eigenvalue weighted by atomic mass is 10.2. The van der Waals surface area contributed by atoms with Crippen LogP contribution in [0.2, 0.25) is 0 Å². The van der Waals surface area contributed by atoms with Crippen molar-refractivity contribution in [3.63, 3.8) is 0 Å². The molecule has 0 aliphatic heterocycles. The van der Waals surface area contributed by atoms with Gasteiger partial charge < -0.3 is 10.6 Å². The van der Waals surface area contributed by atoms with Gasteiger partial charge in [0.25, 0.3) is 5.91 Å². The Morgan fingerprint density at radius 1 is 1.23 bits per heavy atom. The van der Waals surface area contributed by atoms with Crippen molar-refractivity contribution in [3.8, 4) is 0 Å². The molecule has 0 atom stereocenters. The quantitative estimate of drug-likeness (QED) is 0.769. The van der Waals surface area contributed by atoms with Crippen molar-refractivity contribution in [1.82, 2.24) is 9.97 Å². The molecule has 2 N–H and O–H groups in total. The number of hydrogen-bond donors (Lipinski definition) is 2. The Kier molecular flexibility index (Phi) is 5.82. The molecule has 0 aliphatic carbocycles. The number of aromatic nitrogens is 2. The van der Waals surface area contributed by atoms with Crippen molar-refractivity contribution in [2.24, 2.45) is 0 Å². The summed E-state index contributed by atoms with van der Waals surface area (Å²) in [7, 11) is 0. The molecule has 2 rings (SSSR count). The smallest absolute Gasteiger partial charge is 0.274 e. The van der Waals surface area contributed by atoms with Gasteiger partial charge in [-0.25, -0.2) is 14.4 Å². The molecule has 0 saturated heterocycles. The third-order valence-corrected chi connectivity index (χ3v) is 3.07. The fourth-order valence-corrected chi connectivity index (χ4v) is 1.93. The predicted octanol–water partition coefficient (Wildman–Crippen LogP) is 3.47. The zero-order valence-electron chi connectivity index (χ0n) is 12.5. The first-order chi connectivity index (χ1) is 10.7. The minimum Gasteiger partial charge on any atom is -0.370 e. The van der Waals surface area contributed by atoms with Crippen molar-refractivity contribution in [2.75, 3.05) is 17.2 Å². The van der Waals surface area contributed by atoms with Crippen molar-refractivity contribution in [3.05, 3.63) is 48.2 Å². The SMILES string of the molecule is CCCCCNc1cc(C(=O)Nc2cccc(F)c2)ncn1. The Hall–Kier alpha value is -2.50. The standard InChI is InChI=1S/C16H19FN4O/c1-2-3-4-8-18-15-10-14(19-11-20-15)16(22)21-13-7-5-6-12(17)9-13/h5-7,9-11H,2-4,8H2,1H3,(H,21,22)(H,18,19,20). The molecule has 5 nitrogen and oxygen atoms in total. The molecule has 0 spiro atoms. The highest BCUT2D eigenvalue weighted by Gasteiger charge is 2.09. The van der Waals surface area contributed by atoms with E-state index in [9.17, 15) is 9.18 Å². The van der Waals surface area contributed by atoms with Gasteiger partial charge in [0.2, 0.25) is 0 Å². The number of amides is 1. The summed E-state index contributed by atoms with van der Waals surface area (Å²) in [6.07, 6.45) is 4.67. The highest BCUT2D eigenvalue weighted by atomic mass is 19.1. The lowest BCUT2D eigenvalue weighted by Crippen LogP contribution is -2.15. The van der Waals surface area contributed by atoms with E-state index in [2.05, 4.69) is 27.5 Å². The first-order valence-corrected chi connectivity index (χ1v) is 7.32. The topological polar surface area (TPSA) is 66.9 Å². The Labute approximate surface area is 129 Å². The second-order valence-corrected chi connectivity index (χ2v) is 4.89. The van der Waals surface area contributed by atoms with E-state index in [4.69, 9.17) is 0 Å². The van der Waals surface area contributed by atoms with Gasteiger partial charge in [0, 0.05) is 18.3 Å². The van der Waals surface area contributed by atoms with Crippen LogP contribution in [0.1, 0.15) is 36.7 Å². The number of anilines is 2. The number of carbonyl (C=O) groups is 1. The number of carbonyl (C=O) groups excluding carboxylic acids is 1. The third kappa shape index (κ3) is 4.80. The molecule has 0 fully saturated rings. The van der Waals surface area contributed by atoms with Crippen LogP contribution in [0.5, 0.6) is 0 Å².